The lowest BCUT2D eigenvalue weighted by Gasteiger charge is -2.22. The van der Waals surface area contributed by atoms with Crippen LogP contribution in [-0.2, 0) is 11.2 Å². The third-order valence-electron chi connectivity index (χ3n) is 2.25. The van der Waals surface area contributed by atoms with Crippen LogP contribution in [0.15, 0.2) is 16.5 Å². The van der Waals surface area contributed by atoms with E-state index in [-0.39, 0.29) is 6.04 Å². The number of carbonyl (C=O) groups excluding carboxylic acids is 1. The second kappa shape index (κ2) is 5.91. The Labute approximate surface area is 108 Å². The lowest BCUT2D eigenvalue weighted by molar-refractivity contribution is 0.0505. The second-order valence-corrected chi connectivity index (χ2v) is 5.30. The molecule has 1 aromatic heterocycles. The average Bonchev–Trinajstić information content (AvgIpc) is 2.60. The van der Waals surface area contributed by atoms with E-state index < -0.39 is 11.7 Å². The van der Waals surface area contributed by atoms with Crippen molar-refractivity contribution in [2.24, 2.45) is 5.73 Å². The number of carbonyl (C=O) groups is 1. The van der Waals surface area contributed by atoms with Gasteiger partial charge in [-0.2, -0.15) is 0 Å². The zero-order valence-corrected chi connectivity index (χ0v) is 11.4. The Kier molecular flexibility index (Phi) is 4.78. The van der Waals surface area contributed by atoms with Crippen LogP contribution in [-0.4, -0.2) is 24.3 Å². The van der Waals surface area contributed by atoms with Gasteiger partial charge in [0.25, 0.3) is 0 Å². The minimum atomic E-state index is -0.509. The summed E-state index contributed by atoms with van der Waals surface area (Å²) in [5, 5.41) is 2.73. The molecule has 5 nitrogen and oxygen atoms in total. The number of hydrogen-bond donors (Lipinski definition) is 2. The predicted molar refractivity (Wildman–Crippen MR) is 69.4 cm³/mol. The molecule has 0 spiro atoms. The van der Waals surface area contributed by atoms with Gasteiger partial charge < -0.3 is 20.2 Å². The quantitative estimate of drug-likeness (QED) is 0.861. The maximum atomic E-state index is 11.6. The third-order valence-corrected chi connectivity index (χ3v) is 2.25. The molecule has 0 aliphatic rings. The molecule has 0 aliphatic carbocycles. The largest absolute Gasteiger partial charge is 0.466 e. The Morgan fingerprint density at radius 3 is 2.61 bits per heavy atom. The van der Waals surface area contributed by atoms with Gasteiger partial charge in [-0.05, 0) is 39.8 Å². The van der Waals surface area contributed by atoms with Gasteiger partial charge in [0.1, 0.15) is 17.1 Å². The van der Waals surface area contributed by atoms with Crippen molar-refractivity contribution in [2.45, 2.75) is 45.8 Å². The minimum Gasteiger partial charge on any atom is -0.466 e. The zero-order valence-electron chi connectivity index (χ0n) is 11.4. The molecule has 0 aromatic carbocycles. The molecule has 3 N–H and O–H groups in total. The van der Waals surface area contributed by atoms with Crippen molar-refractivity contribution in [1.29, 1.82) is 0 Å². The molecule has 1 atom stereocenters. The van der Waals surface area contributed by atoms with Gasteiger partial charge in [0.05, 0.1) is 6.04 Å². The molecule has 0 fully saturated rings. The van der Waals surface area contributed by atoms with Crippen LogP contribution in [0.25, 0.3) is 0 Å². The predicted octanol–water partition coefficient (Wildman–Crippen LogP) is 1.98. The van der Waals surface area contributed by atoms with Crippen LogP contribution in [0, 0.1) is 6.92 Å². The Bertz CT molecular complexity index is 393. The monoisotopic (exact) mass is 254 g/mol. The molecule has 1 rings (SSSR count). The lowest BCUT2D eigenvalue weighted by atomic mass is 10.1. The Hall–Kier alpha value is -1.49. The molecule has 0 bridgehead atoms. The third kappa shape index (κ3) is 5.23. The van der Waals surface area contributed by atoms with Crippen LogP contribution in [0.5, 0.6) is 0 Å². The summed E-state index contributed by atoms with van der Waals surface area (Å²) in [4.78, 5) is 11.6. The summed E-state index contributed by atoms with van der Waals surface area (Å²) in [7, 11) is 0. The first-order valence-corrected chi connectivity index (χ1v) is 6.05. The van der Waals surface area contributed by atoms with Crippen molar-refractivity contribution < 1.29 is 13.9 Å². The number of hydrogen-bond acceptors (Lipinski definition) is 4. The molecule has 1 heterocycles. The molecule has 0 radical (unpaired) electrons. The van der Waals surface area contributed by atoms with Gasteiger partial charge in [0.15, 0.2) is 0 Å². The van der Waals surface area contributed by atoms with Gasteiger partial charge in [-0.1, -0.05) is 0 Å². The molecular weight excluding hydrogens is 232 g/mol. The fraction of sp³-hybridized carbons (Fsp3) is 0.615. The molecule has 0 saturated carbocycles. The molecule has 0 aliphatic heterocycles. The van der Waals surface area contributed by atoms with Crippen molar-refractivity contribution >= 4 is 6.09 Å². The molecule has 1 aromatic rings. The minimum absolute atomic E-state index is 0.189. The summed E-state index contributed by atoms with van der Waals surface area (Å²) in [5.74, 6) is 1.65. The molecule has 5 heteroatoms. The Balaban J connectivity index is 2.49. The molecule has 18 heavy (non-hydrogen) atoms. The van der Waals surface area contributed by atoms with Crippen LogP contribution >= 0.6 is 0 Å². The summed E-state index contributed by atoms with van der Waals surface area (Å²) in [6, 6.07) is 3.58. The number of ether oxygens (including phenoxy) is 1. The van der Waals surface area contributed by atoms with E-state index >= 15 is 0 Å². The van der Waals surface area contributed by atoms with E-state index in [4.69, 9.17) is 14.9 Å². The fourth-order valence-corrected chi connectivity index (χ4v) is 1.51. The molecule has 102 valence electrons. The van der Waals surface area contributed by atoms with Crippen LogP contribution in [0.1, 0.15) is 32.3 Å². The van der Waals surface area contributed by atoms with E-state index in [1.807, 2.05) is 39.8 Å². The highest BCUT2D eigenvalue weighted by Crippen LogP contribution is 2.10. The summed E-state index contributed by atoms with van der Waals surface area (Å²) < 4.78 is 10.6. The van der Waals surface area contributed by atoms with Gasteiger partial charge in [0, 0.05) is 13.0 Å². The zero-order chi connectivity index (χ0) is 13.8. The van der Waals surface area contributed by atoms with Crippen molar-refractivity contribution in [2.75, 3.05) is 6.54 Å². The van der Waals surface area contributed by atoms with Gasteiger partial charge in [-0.3, -0.25) is 0 Å². The highest BCUT2D eigenvalue weighted by molar-refractivity contribution is 5.68. The van der Waals surface area contributed by atoms with Crippen molar-refractivity contribution in [3.05, 3.63) is 23.7 Å². The van der Waals surface area contributed by atoms with E-state index in [9.17, 15) is 4.79 Å². The summed E-state index contributed by atoms with van der Waals surface area (Å²) in [6.07, 6.45) is 0.102. The van der Waals surface area contributed by atoms with Gasteiger partial charge >= 0.3 is 6.09 Å². The first kappa shape index (κ1) is 14.6. The van der Waals surface area contributed by atoms with Crippen LogP contribution in [0.4, 0.5) is 4.79 Å². The number of alkyl carbamates (subject to hydrolysis) is 1. The second-order valence-electron chi connectivity index (χ2n) is 5.30. The first-order chi connectivity index (χ1) is 8.30. The number of rotatable bonds is 4. The summed E-state index contributed by atoms with van der Waals surface area (Å²) in [6.45, 7) is 7.67. The van der Waals surface area contributed by atoms with E-state index in [1.165, 1.54) is 0 Å². The lowest BCUT2D eigenvalue weighted by Crippen LogP contribution is -2.44. The number of aryl methyl sites for hydroxylation is 1. The number of furan rings is 1. The van der Waals surface area contributed by atoms with Gasteiger partial charge in [0.2, 0.25) is 0 Å². The summed E-state index contributed by atoms with van der Waals surface area (Å²) >= 11 is 0. The van der Waals surface area contributed by atoms with E-state index in [1.54, 1.807) is 0 Å². The van der Waals surface area contributed by atoms with Gasteiger partial charge in [-0.15, -0.1) is 0 Å². The molecular formula is C13H22N2O3. The van der Waals surface area contributed by atoms with Gasteiger partial charge in [-0.25, -0.2) is 4.79 Å². The maximum Gasteiger partial charge on any atom is 0.407 e. The normalized spacial score (nSPS) is 13.2. The van der Waals surface area contributed by atoms with Crippen LogP contribution in [0.2, 0.25) is 0 Å². The smallest absolute Gasteiger partial charge is 0.407 e. The van der Waals surface area contributed by atoms with Crippen molar-refractivity contribution in [3.63, 3.8) is 0 Å². The number of amides is 1. The maximum absolute atomic E-state index is 11.6. The Morgan fingerprint density at radius 2 is 2.17 bits per heavy atom. The van der Waals surface area contributed by atoms with E-state index in [0.29, 0.717) is 13.0 Å². The van der Waals surface area contributed by atoms with Crippen LogP contribution < -0.4 is 11.1 Å². The first-order valence-electron chi connectivity index (χ1n) is 6.05. The Morgan fingerprint density at radius 1 is 1.50 bits per heavy atom. The van der Waals surface area contributed by atoms with E-state index in [0.717, 1.165) is 11.5 Å². The topological polar surface area (TPSA) is 77.5 Å². The SMILES string of the molecule is Cc1ccc(CC(CN)NC(=O)OC(C)(C)C)o1. The van der Waals surface area contributed by atoms with E-state index in [2.05, 4.69) is 5.32 Å². The fourth-order valence-electron chi connectivity index (χ4n) is 1.51. The molecule has 1 unspecified atom stereocenters. The van der Waals surface area contributed by atoms with Crippen LogP contribution in [0.3, 0.4) is 0 Å². The number of nitrogens with two attached hydrogens (primary N) is 1. The molecule has 1 amide bonds. The van der Waals surface area contributed by atoms with Crippen molar-refractivity contribution in [3.8, 4) is 0 Å². The summed E-state index contributed by atoms with van der Waals surface area (Å²) in [5.41, 5.74) is 5.12. The van der Waals surface area contributed by atoms with Crippen molar-refractivity contribution in [1.82, 2.24) is 5.32 Å². The highest BCUT2D eigenvalue weighted by Gasteiger charge is 2.19. The molecule has 0 saturated heterocycles. The highest BCUT2D eigenvalue weighted by atomic mass is 16.6. The number of nitrogens with one attached hydrogen (secondary N) is 1. The standard InChI is InChI=1S/C13H22N2O3/c1-9-5-6-11(17-9)7-10(8-14)15-12(16)18-13(2,3)4/h5-6,10H,7-8,14H2,1-4H3,(H,15,16). The average molecular weight is 254 g/mol.